The second-order valence-corrected chi connectivity index (χ2v) is 7.80. The molecule has 1 fully saturated rings. The molecule has 1 saturated carbocycles. The number of aryl methyl sites for hydroxylation is 1. The summed E-state index contributed by atoms with van der Waals surface area (Å²) >= 11 is 1.63. The first-order valence-corrected chi connectivity index (χ1v) is 9.26. The van der Waals surface area contributed by atoms with Gasteiger partial charge in [0.1, 0.15) is 12.2 Å². The summed E-state index contributed by atoms with van der Waals surface area (Å²) in [6.07, 6.45) is 5.79. The molecule has 0 aliphatic heterocycles. The lowest BCUT2D eigenvalue weighted by atomic mass is 9.94. The van der Waals surface area contributed by atoms with Gasteiger partial charge >= 0.3 is 5.97 Å². The Hall–Kier alpha value is -1.82. The van der Waals surface area contributed by atoms with Gasteiger partial charge in [0.05, 0.1) is 17.3 Å². The van der Waals surface area contributed by atoms with Crippen LogP contribution in [-0.4, -0.2) is 41.5 Å². The highest BCUT2D eigenvalue weighted by molar-refractivity contribution is 7.19. The molecule has 2 aromatic heterocycles. The van der Waals surface area contributed by atoms with Gasteiger partial charge in [0.15, 0.2) is 0 Å². The number of hydrogen-bond acceptors (Lipinski definition) is 4. The number of carbonyl (C=O) groups excluding carboxylic acids is 2. The smallest absolute Gasteiger partial charge is 0.354 e. The second-order valence-electron chi connectivity index (χ2n) is 6.51. The highest BCUT2D eigenvalue weighted by Gasteiger charge is 2.25. The van der Waals surface area contributed by atoms with E-state index < -0.39 is 5.97 Å². The van der Waals surface area contributed by atoms with Crippen LogP contribution in [0, 0.1) is 6.92 Å². The molecule has 24 heavy (non-hydrogen) atoms. The van der Waals surface area contributed by atoms with Gasteiger partial charge in [-0.25, -0.2) is 4.79 Å². The summed E-state index contributed by atoms with van der Waals surface area (Å²) in [5.74, 6) is -0.349. The maximum absolute atomic E-state index is 12.8. The molecule has 5 nitrogen and oxygen atoms in total. The normalized spacial score (nSPS) is 15.6. The lowest BCUT2D eigenvalue weighted by Gasteiger charge is -2.31. The molecule has 0 spiro atoms. The molecule has 6 heteroatoms. The van der Waals surface area contributed by atoms with Gasteiger partial charge in [0.25, 0.3) is 0 Å². The molecule has 0 atom stereocenters. The van der Waals surface area contributed by atoms with Crippen molar-refractivity contribution in [2.24, 2.45) is 0 Å². The molecule has 0 bridgehead atoms. The number of rotatable bonds is 4. The molecule has 1 amide bonds. The average molecular weight is 348 g/mol. The first-order valence-electron chi connectivity index (χ1n) is 8.45. The number of likely N-dealkylation sites (N-methyl/N-ethyl adjacent to an activating group) is 1. The highest BCUT2D eigenvalue weighted by atomic mass is 32.1. The fourth-order valence-corrected chi connectivity index (χ4v) is 4.49. The maximum Gasteiger partial charge on any atom is 0.354 e. The van der Waals surface area contributed by atoms with E-state index in [9.17, 15) is 9.59 Å². The monoisotopic (exact) mass is 348 g/mol. The van der Waals surface area contributed by atoms with Gasteiger partial charge < -0.3 is 14.2 Å². The zero-order chi connectivity index (χ0) is 17.3. The minimum atomic E-state index is -0.399. The Balaban J connectivity index is 1.87. The Morgan fingerprint density at radius 2 is 2.00 bits per heavy atom. The third-order valence-corrected chi connectivity index (χ3v) is 5.90. The minimum absolute atomic E-state index is 0.0495. The van der Waals surface area contributed by atoms with Crippen molar-refractivity contribution in [2.45, 2.75) is 51.6 Å². The van der Waals surface area contributed by atoms with E-state index in [-0.39, 0.29) is 12.5 Å². The molecule has 3 rings (SSSR count). The SMILES string of the molecule is COC(=O)c1cc2sc(C)cc2n1CC(=O)N(C)C1CCCCC1. The molecule has 1 aliphatic rings. The molecule has 1 aliphatic carbocycles. The van der Waals surface area contributed by atoms with Crippen molar-refractivity contribution in [2.75, 3.05) is 14.2 Å². The van der Waals surface area contributed by atoms with Crippen LogP contribution in [0.25, 0.3) is 10.2 Å². The van der Waals surface area contributed by atoms with Crippen LogP contribution < -0.4 is 0 Å². The predicted molar refractivity (Wildman–Crippen MR) is 95.5 cm³/mol. The van der Waals surface area contributed by atoms with Crippen molar-refractivity contribution < 1.29 is 14.3 Å². The number of carbonyl (C=O) groups is 2. The number of nitrogens with zero attached hydrogens (tertiary/aromatic N) is 2. The van der Waals surface area contributed by atoms with Crippen molar-refractivity contribution in [3.8, 4) is 0 Å². The van der Waals surface area contributed by atoms with Gasteiger partial charge in [0, 0.05) is 18.0 Å². The van der Waals surface area contributed by atoms with Crippen LogP contribution in [0.15, 0.2) is 12.1 Å². The maximum atomic E-state index is 12.8. The van der Waals surface area contributed by atoms with Crippen LogP contribution in [0.2, 0.25) is 0 Å². The van der Waals surface area contributed by atoms with Gasteiger partial charge in [-0.3, -0.25) is 4.79 Å². The Kier molecular flexibility index (Phi) is 4.94. The summed E-state index contributed by atoms with van der Waals surface area (Å²) in [7, 11) is 3.25. The van der Waals surface area contributed by atoms with Gasteiger partial charge in [-0.2, -0.15) is 0 Å². The van der Waals surface area contributed by atoms with Crippen molar-refractivity contribution >= 4 is 33.4 Å². The third kappa shape index (κ3) is 3.20. The zero-order valence-electron chi connectivity index (χ0n) is 14.5. The van der Waals surface area contributed by atoms with E-state index in [0.29, 0.717) is 11.7 Å². The number of aromatic nitrogens is 1. The number of esters is 1. The van der Waals surface area contributed by atoms with Crippen LogP contribution in [0.3, 0.4) is 0 Å². The first-order chi connectivity index (χ1) is 11.5. The molecule has 0 aromatic carbocycles. The summed E-state index contributed by atoms with van der Waals surface area (Å²) in [5, 5.41) is 0. The fraction of sp³-hybridized carbons (Fsp3) is 0.556. The molecule has 0 radical (unpaired) electrons. The summed E-state index contributed by atoms with van der Waals surface area (Å²) in [4.78, 5) is 27.9. The van der Waals surface area contributed by atoms with E-state index >= 15 is 0 Å². The number of methoxy groups -OCH3 is 1. The van der Waals surface area contributed by atoms with E-state index in [1.165, 1.54) is 31.2 Å². The molecule has 2 heterocycles. The standard InChI is InChI=1S/C18H24N2O3S/c1-12-9-14-16(24-12)10-15(18(22)23-3)20(14)11-17(21)19(2)13-7-5-4-6-8-13/h9-10,13H,4-8,11H2,1-3H3. The quantitative estimate of drug-likeness (QED) is 0.794. The summed E-state index contributed by atoms with van der Waals surface area (Å²) in [6.45, 7) is 2.21. The van der Waals surface area contributed by atoms with E-state index in [1.54, 1.807) is 15.9 Å². The number of amides is 1. The molecule has 0 unspecified atom stereocenters. The van der Waals surface area contributed by atoms with Gasteiger partial charge in [-0.15, -0.1) is 11.3 Å². The third-order valence-electron chi connectivity index (χ3n) is 4.92. The Labute approximate surface area is 146 Å². The number of thiophene rings is 1. The van der Waals surface area contributed by atoms with E-state index in [2.05, 4.69) is 0 Å². The largest absolute Gasteiger partial charge is 0.464 e. The zero-order valence-corrected chi connectivity index (χ0v) is 15.3. The van der Waals surface area contributed by atoms with Crippen LogP contribution in [-0.2, 0) is 16.1 Å². The lowest BCUT2D eigenvalue weighted by Crippen LogP contribution is -2.40. The van der Waals surface area contributed by atoms with Gasteiger partial charge in [-0.05, 0) is 31.9 Å². The Morgan fingerprint density at radius 3 is 2.67 bits per heavy atom. The van der Waals surface area contributed by atoms with E-state index in [1.807, 2.05) is 31.0 Å². The van der Waals surface area contributed by atoms with Crippen molar-refractivity contribution in [3.63, 3.8) is 0 Å². The number of fused-ring (bicyclic) bond motifs is 1. The minimum Gasteiger partial charge on any atom is -0.464 e. The van der Waals surface area contributed by atoms with Gasteiger partial charge in [0.2, 0.25) is 5.91 Å². The average Bonchev–Trinajstić information content (AvgIpc) is 3.11. The van der Waals surface area contributed by atoms with Crippen LogP contribution >= 0.6 is 11.3 Å². The number of ether oxygens (including phenoxy) is 1. The van der Waals surface area contributed by atoms with Crippen molar-refractivity contribution in [1.29, 1.82) is 0 Å². The molecule has 2 aromatic rings. The molecule has 0 N–H and O–H groups in total. The lowest BCUT2D eigenvalue weighted by molar-refractivity contribution is -0.133. The van der Waals surface area contributed by atoms with Crippen molar-refractivity contribution in [1.82, 2.24) is 9.47 Å². The topological polar surface area (TPSA) is 51.5 Å². The molecular formula is C18H24N2O3S. The van der Waals surface area contributed by atoms with Crippen LogP contribution in [0.4, 0.5) is 0 Å². The van der Waals surface area contributed by atoms with E-state index in [4.69, 9.17) is 4.74 Å². The number of hydrogen-bond donors (Lipinski definition) is 0. The fourth-order valence-electron chi connectivity index (χ4n) is 3.53. The second kappa shape index (κ2) is 6.97. The predicted octanol–water partition coefficient (Wildman–Crippen LogP) is 3.59. The van der Waals surface area contributed by atoms with Crippen LogP contribution in [0.1, 0.15) is 47.5 Å². The van der Waals surface area contributed by atoms with E-state index in [0.717, 1.165) is 23.1 Å². The Bertz CT molecular complexity index is 756. The summed E-state index contributed by atoms with van der Waals surface area (Å²) in [5.41, 5.74) is 1.38. The van der Waals surface area contributed by atoms with Gasteiger partial charge in [-0.1, -0.05) is 19.3 Å². The first kappa shape index (κ1) is 17.0. The van der Waals surface area contributed by atoms with Crippen LogP contribution in [0.5, 0.6) is 0 Å². The highest BCUT2D eigenvalue weighted by Crippen LogP contribution is 2.29. The summed E-state index contributed by atoms with van der Waals surface area (Å²) in [6, 6.07) is 4.18. The molecule has 0 saturated heterocycles. The molecule has 130 valence electrons. The Morgan fingerprint density at radius 1 is 1.29 bits per heavy atom. The summed E-state index contributed by atoms with van der Waals surface area (Å²) < 4.78 is 7.70. The molecular weight excluding hydrogens is 324 g/mol. The van der Waals surface area contributed by atoms with Crippen molar-refractivity contribution in [3.05, 3.63) is 22.7 Å².